The maximum absolute atomic E-state index is 12.4. The van der Waals surface area contributed by atoms with Crippen LogP contribution in [0.2, 0.25) is 0 Å². The predicted molar refractivity (Wildman–Crippen MR) is 80.1 cm³/mol. The largest absolute Gasteiger partial charge is 0.492 e. The van der Waals surface area contributed by atoms with E-state index in [9.17, 15) is 8.42 Å². The fourth-order valence-electron chi connectivity index (χ4n) is 2.06. The van der Waals surface area contributed by atoms with Crippen LogP contribution in [0.1, 0.15) is 6.92 Å². The zero-order valence-corrected chi connectivity index (χ0v) is 13.1. The highest BCUT2D eigenvalue weighted by atomic mass is 32.2. The molecule has 0 saturated carbocycles. The first-order chi connectivity index (χ1) is 10.1. The van der Waals surface area contributed by atoms with E-state index in [1.165, 1.54) is 4.31 Å². The van der Waals surface area contributed by atoms with Crippen LogP contribution >= 0.6 is 0 Å². The van der Waals surface area contributed by atoms with Gasteiger partial charge in [-0.25, -0.2) is 8.42 Å². The maximum atomic E-state index is 12.4. The van der Waals surface area contributed by atoms with Crippen molar-refractivity contribution < 1.29 is 17.9 Å². The van der Waals surface area contributed by atoms with Crippen molar-refractivity contribution in [3.05, 3.63) is 24.3 Å². The van der Waals surface area contributed by atoms with Crippen molar-refractivity contribution in [1.29, 1.82) is 0 Å². The number of benzene rings is 1. The smallest absolute Gasteiger partial charge is 0.243 e. The van der Waals surface area contributed by atoms with Gasteiger partial charge >= 0.3 is 0 Å². The lowest BCUT2D eigenvalue weighted by atomic mass is 10.3. The summed E-state index contributed by atoms with van der Waals surface area (Å²) in [7, 11) is -3.42. The molecule has 1 aromatic rings. The van der Waals surface area contributed by atoms with Crippen molar-refractivity contribution in [2.45, 2.75) is 11.8 Å². The second-order valence-electron chi connectivity index (χ2n) is 4.69. The molecule has 1 aliphatic rings. The quantitative estimate of drug-likeness (QED) is 0.750. The standard InChI is InChI=1S/C14H22N2O4S/c1-2-15-7-10-20-13-3-5-14(6-4-13)21(17,18)16-8-11-19-12-9-16/h3-6,15H,2,7-12H2,1H3. The highest BCUT2D eigenvalue weighted by Gasteiger charge is 2.26. The molecule has 0 aromatic heterocycles. The van der Waals surface area contributed by atoms with Gasteiger partial charge in [0, 0.05) is 19.6 Å². The summed E-state index contributed by atoms with van der Waals surface area (Å²) in [6.07, 6.45) is 0. The molecule has 2 rings (SSSR count). The molecule has 6 nitrogen and oxygen atoms in total. The van der Waals surface area contributed by atoms with Crippen LogP contribution in [0, 0.1) is 0 Å². The Labute approximate surface area is 126 Å². The van der Waals surface area contributed by atoms with Gasteiger partial charge in [0.1, 0.15) is 12.4 Å². The average Bonchev–Trinajstić information content (AvgIpc) is 2.53. The molecule has 1 N–H and O–H groups in total. The van der Waals surface area contributed by atoms with Gasteiger partial charge in [-0.3, -0.25) is 0 Å². The van der Waals surface area contributed by atoms with Crippen LogP contribution in [-0.2, 0) is 14.8 Å². The lowest BCUT2D eigenvalue weighted by Crippen LogP contribution is -2.40. The Morgan fingerprint density at radius 1 is 1.24 bits per heavy atom. The molecule has 0 radical (unpaired) electrons. The highest BCUT2D eigenvalue weighted by molar-refractivity contribution is 7.89. The Bertz CT molecular complexity index is 524. The zero-order valence-electron chi connectivity index (χ0n) is 12.2. The molecular formula is C14H22N2O4S. The summed E-state index contributed by atoms with van der Waals surface area (Å²) < 4.78 is 37.0. The van der Waals surface area contributed by atoms with Gasteiger partial charge in [-0.1, -0.05) is 6.92 Å². The second-order valence-corrected chi connectivity index (χ2v) is 6.63. The first kappa shape index (κ1) is 16.2. The van der Waals surface area contributed by atoms with Crippen molar-refractivity contribution in [2.24, 2.45) is 0 Å². The number of sulfonamides is 1. The molecule has 118 valence electrons. The van der Waals surface area contributed by atoms with E-state index in [1.807, 2.05) is 6.92 Å². The average molecular weight is 314 g/mol. The lowest BCUT2D eigenvalue weighted by molar-refractivity contribution is 0.0730. The zero-order chi connectivity index (χ0) is 15.1. The van der Waals surface area contributed by atoms with E-state index in [4.69, 9.17) is 9.47 Å². The fourth-order valence-corrected chi connectivity index (χ4v) is 3.47. The third-order valence-electron chi connectivity index (χ3n) is 3.23. The van der Waals surface area contributed by atoms with E-state index >= 15 is 0 Å². The molecule has 7 heteroatoms. The van der Waals surface area contributed by atoms with E-state index < -0.39 is 10.0 Å². The molecule has 0 bridgehead atoms. The third kappa shape index (κ3) is 4.41. The molecular weight excluding hydrogens is 292 g/mol. The number of ether oxygens (including phenoxy) is 2. The van der Waals surface area contributed by atoms with Crippen molar-refractivity contribution in [3.8, 4) is 5.75 Å². The van der Waals surface area contributed by atoms with E-state index in [1.54, 1.807) is 24.3 Å². The summed E-state index contributed by atoms with van der Waals surface area (Å²) in [4.78, 5) is 0.295. The Hall–Kier alpha value is -1.15. The van der Waals surface area contributed by atoms with Crippen LogP contribution in [0.3, 0.4) is 0 Å². The molecule has 1 saturated heterocycles. The summed E-state index contributed by atoms with van der Waals surface area (Å²) in [6.45, 7) is 5.97. The van der Waals surface area contributed by atoms with Gasteiger partial charge in [0.2, 0.25) is 10.0 Å². The minimum atomic E-state index is -3.42. The molecule has 0 spiro atoms. The van der Waals surface area contributed by atoms with Crippen molar-refractivity contribution in [3.63, 3.8) is 0 Å². The van der Waals surface area contributed by atoms with Crippen LogP contribution in [0.25, 0.3) is 0 Å². The van der Waals surface area contributed by atoms with E-state index in [0.29, 0.717) is 43.6 Å². The Balaban J connectivity index is 1.97. The normalized spacial score (nSPS) is 16.8. The summed E-state index contributed by atoms with van der Waals surface area (Å²) >= 11 is 0. The van der Waals surface area contributed by atoms with Gasteiger partial charge in [0.25, 0.3) is 0 Å². The number of nitrogens with zero attached hydrogens (tertiary/aromatic N) is 1. The molecule has 1 heterocycles. The number of hydrogen-bond donors (Lipinski definition) is 1. The van der Waals surface area contributed by atoms with Crippen molar-refractivity contribution in [1.82, 2.24) is 9.62 Å². The molecule has 1 aromatic carbocycles. The minimum absolute atomic E-state index is 0.295. The first-order valence-corrected chi connectivity index (χ1v) is 8.60. The first-order valence-electron chi connectivity index (χ1n) is 7.16. The molecule has 0 unspecified atom stereocenters. The molecule has 0 amide bonds. The molecule has 0 aliphatic carbocycles. The molecule has 1 aliphatic heterocycles. The van der Waals surface area contributed by atoms with Crippen molar-refractivity contribution in [2.75, 3.05) is 46.0 Å². The van der Waals surface area contributed by atoms with E-state index in [-0.39, 0.29) is 0 Å². The van der Waals surface area contributed by atoms with Gasteiger partial charge in [-0.15, -0.1) is 0 Å². The molecule has 21 heavy (non-hydrogen) atoms. The van der Waals surface area contributed by atoms with Crippen LogP contribution in [-0.4, -0.2) is 58.7 Å². The van der Waals surface area contributed by atoms with Crippen LogP contribution in [0.5, 0.6) is 5.75 Å². The number of rotatable bonds is 7. The SMILES string of the molecule is CCNCCOc1ccc(S(=O)(=O)N2CCOCC2)cc1. The van der Waals surface area contributed by atoms with E-state index in [0.717, 1.165) is 13.1 Å². The Morgan fingerprint density at radius 2 is 1.90 bits per heavy atom. The third-order valence-corrected chi connectivity index (χ3v) is 5.14. The number of hydrogen-bond acceptors (Lipinski definition) is 5. The van der Waals surface area contributed by atoms with Gasteiger partial charge in [-0.2, -0.15) is 4.31 Å². The number of nitrogens with one attached hydrogen (secondary N) is 1. The lowest BCUT2D eigenvalue weighted by Gasteiger charge is -2.26. The van der Waals surface area contributed by atoms with Gasteiger partial charge in [-0.05, 0) is 30.8 Å². The minimum Gasteiger partial charge on any atom is -0.492 e. The fraction of sp³-hybridized carbons (Fsp3) is 0.571. The summed E-state index contributed by atoms with van der Waals surface area (Å²) in [5.74, 6) is 0.675. The van der Waals surface area contributed by atoms with Gasteiger partial charge < -0.3 is 14.8 Å². The monoisotopic (exact) mass is 314 g/mol. The number of morpholine rings is 1. The van der Waals surface area contributed by atoms with Crippen LogP contribution < -0.4 is 10.1 Å². The molecule has 1 fully saturated rings. The van der Waals surface area contributed by atoms with Gasteiger partial charge in [0.05, 0.1) is 18.1 Å². The maximum Gasteiger partial charge on any atom is 0.243 e. The molecule has 0 atom stereocenters. The number of likely N-dealkylation sites (N-methyl/N-ethyl adjacent to an activating group) is 1. The summed E-state index contributed by atoms with van der Waals surface area (Å²) in [5.41, 5.74) is 0. The Morgan fingerprint density at radius 3 is 2.52 bits per heavy atom. The van der Waals surface area contributed by atoms with Crippen LogP contribution in [0.4, 0.5) is 0 Å². The summed E-state index contributed by atoms with van der Waals surface area (Å²) in [6, 6.07) is 6.57. The summed E-state index contributed by atoms with van der Waals surface area (Å²) in [5, 5.41) is 3.16. The van der Waals surface area contributed by atoms with E-state index in [2.05, 4.69) is 5.32 Å². The predicted octanol–water partition coefficient (Wildman–Crippen LogP) is 0.696. The van der Waals surface area contributed by atoms with Crippen LogP contribution in [0.15, 0.2) is 29.2 Å². The highest BCUT2D eigenvalue weighted by Crippen LogP contribution is 2.20. The topological polar surface area (TPSA) is 67.9 Å². The Kier molecular flexibility index (Phi) is 5.98. The second kappa shape index (κ2) is 7.74. The van der Waals surface area contributed by atoms with Crippen molar-refractivity contribution >= 4 is 10.0 Å². The van der Waals surface area contributed by atoms with Gasteiger partial charge in [0.15, 0.2) is 0 Å².